The molecule has 0 aromatic carbocycles. The molecule has 1 atom stereocenters. The van der Waals surface area contributed by atoms with E-state index in [1.807, 2.05) is 0 Å². The Bertz CT molecular complexity index is 387. The molecule has 19 heavy (non-hydrogen) atoms. The molecule has 5 nitrogen and oxygen atoms in total. The third kappa shape index (κ3) is 4.60. The lowest BCUT2D eigenvalue weighted by molar-refractivity contribution is 0.00696. The van der Waals surface area contributed by atoms with Gasteiger partial charge in [0.05, 0.1) is 11.3 Å². The second kappa shape index (κ2) is 7.03. The van der Waals surface area contributed by atoms with Gasteiger partial charge in [-0.25, -0.2) is 0 Å². The van der Waals surface area contributed by atoms with Crippen LogP contribution in [0.15, 0.2) is 6.07 Å². The maximum absolute atomic E-state index is 5.68. The Kier molecular flexibility index (Phi) is 5.97. The lowest BCUT2D eigenvalue weighted by atomic mass is 9.96. The van der Waals surface area contributed by atoms with E-state index in [1.165, 1.54) is 5.69 Å². The molecule has 1 heterocycles. The van der Waals surface area contributed by atoms with Crippen molar-refractivity contribution in [3.8, 4) is 0 Å². The number of nitrogens with two attached hydrogens (primary N) is 1. The zero-order valence-electron chi connectivity index (χ0n) is 12.9. The van der Waals surface area contributed by atoms with E-state index in [2.05, 4.69) is 49.0 Å². The summed E-state index contributed by atoms with van der Waals surface area (Å²) in [5.41, 5.74) is 5.09. The van der Waals surface area contributed by atoms with Crippen LogP contribution in [0.5, 0.6) is 0 Å². The number of hydrogen-bond donors (Lipinski definition) is 2. The Hall–Kier alpha value is -0.910. The van der Waals surface area contributed by atoms with Crippen LogP contribution in [0, 0.1) is 0 Å². The highest BCUT2D eigenvalue weighted by molar-refractivity contribution is 5.12. The zero-order valence-corrected chi connectivity index (χ0v) is 12.9. The number of hydrazine groups is 1. The van der Waals surface area contributed by atoms with Crippen molar-refractivity contribution >= 4 is 0 Å². The predicted octanol–water partition coefficient (Wildman–Crippen LogP) is 1.65. The molecule has 1 unspecified atom stereocenters. The number of ether oxygens (including phenoxy) is 1. The quantitative estimate of drug-likeness (QED) is 0.556. The molecule has 0 aliphatic rings. The maximum Gasteiger partial charge on any atom is 0.0638 e. The molecule has 0 amide bonds. The Morgan fingerprint density at radius 2 is 2.16 bits per heavy atom. The number of nitrogens with one attached hydrogen (secondary N) is 1. The standard InChI is InChI=1S/C14H28N4O/c1-6-11-8-13(18(7-2)17-11)9-12(16-15)10-14(3,4)19-5/h8,12,16H,6-7,9-10,15H2,1-5H3. The molecule has 3 N–H and O–H groups in total. The Labute approximate surface area is 116 Å². The second-order valence-corrected chi connectivity index (χ2v) is 5.53. The van der Waals surface area contributed by atoms with Crippen molar-refractivity contribution in [2.24, 2.45) is 5.84 Å². The van der Waals surface area contributed by atoms with Gasteiger partial charge in [0.1, 0.15) is 0 Å². The first-order valence-corrected chi connectivity index (χ1v) is 7.02. The molecular formula is C14H28N4O. The average molecular weight is 268 g/mol. The van der Waals surface area contributed by atoms with E-state index in [1.54, 1.807) is 7.11 Å². The minimum Gasteiger partial charge on any atom is -0.379 e. The zero-order chi connectivity index (χ0) is 14.5. The average Bonchev–Trinajstić information content (AvgIpc) is 2.80. The lowest BCUT2D eigenvalue weighted by Crippen LogP contribution is -2.42. The molecule has 0 aliphatic heterocycles. The van der Waals surface area contributed by atoms with E-state index in [0.717, 1.165) is 31.5 Å². The normalized spacial score (nSPS) is 13.8. The highest BCUT2D eigenvalue weighted by atomic mass is 16.5. The first kappa shape index (κ1) is 16.1. The van der Waals surface area contributed by atoms with Gasteiger partial charge in [-0.05, 0) is 39.7 Å². The van der Waals surface area contributed by atoms with Crippen LogP contribution in [-0.4, -0.2) is 28.5 Å². The molecule has 1 aromatic rings. The van der Waals surface area contributed by atoms with Crippen LogP contribution < -0.4 is 11.3 Å². The SMILES string of the molecule is CCc1cc(CC(CC(C)(C)OC)NN)n(CC)n1. The van der Waals surface area contributed by atoms with Crippen LogP contribution in [0.25, 0.3) is 0 Å². The molecule has 110 valence electrons. The Morgan fingerprint density at radius 1 is 1.47 bits per heavy atom. The van der Waals surface area contributed by atoms with Crippen LogP contribution in [0.3, 0.4) is 0 Å². The highest BCUT2D eigenvalue weighted by Crippen LogP contribution is 2.18. The van der Waals surface area contributed by atoms with Gasteiger partial charge in [0.2, 0.25) is 0 Å². The van der Waals surface area contributed by atoms with Gasteiger partial charge < -0.3 is 4.74 Å². The number of rotatable bonds is 8. The smallest absolute Gasteiger partial charge is 0.0638 e. The summed E-state index contributed by atoms with van der Waals surface area (Å²) < 4.78 is 7.53. The molecule has 0 aliphatic carbocycles. The van der Waals surface area contributed by atoms with Crippen molar-refractivity contribution in [2.75, 3.05) is 7.11 Å². The van der Waals surface area contributed by atoms with Gasteiger partial charge in [0.15, 0.2) is 0 Å². The van der Waals surface area contributed by atoms with Gasteiger partial charge in [-0.3, -0.25) is 16.0 Å². The first-order chi connectivity index (χ1) is 8.95. The van der Waals surface area contributed by atoms with E-state index in [9.17, 15) is 0 Å². The van der Waals surface area contributed by atoms with Crippen LogP contribution >= 0.6 is 0 Å². The lowest BCUT2D eigenvalue weighted by Gasteiger charge is -2.28. The number of nitrogens with zero attached hydrogens (tertiary/aromatic N) is 2. The minimum atomic E-state index is -0.179. The van der Waals surface area contributed by atoms with E-state index in [4.69, 9.17) is 10.6 Å². The van der Waals surface area contributed by atoms with Gasteiger partial charge in [-0.1, -0.05) is 6.92 Å². The van der Waals surface area contributed by atoms with Crippen molar-refractivity contribution in [1.29, 1.82) is 0 Å². The van der Waals surface area contributed by atoms with Crippen molar-refractivity contribution in [3.05, 3.63) is 17.5 Å². The largest absolute Gasteiger partial charge is 0.379 e. The summed E-state index contributed by atoms with van der Waals surface area (Å²) >= 11 is 0. The van der Waals surface area contributed by atoms with Crippen molar-refractivity contribution in [3.63, 3.8) is 0 Å². The highest BCUT2D eigenvalue weighted by Gasteiger charge is 2.23. The maximum atomic E-state index is 5.68. The molecule has 1 rings (SSSR count). The number of hydrogen-bond acceptors (Lipinski definition) is 4. The molecule has 5 heteroatoms. The van der Waals surface area contributed by atoms with Crippen LogP contribution in [0.1, 0.15) is 45.5 Å². The summed E-state index contributed by atoms with van der Waals surface area (Å²) in [5.74, 6) is 5.68. The Morgan fingerprint density at radius 3 is 2.63 bits per heavy atom. The van der Waals surface area contributed by atoms with Gasteiger partial charge >= 0.3 is 0 Å². The van der Waals surface area contributed by atoms with E-state index in [-0.39, 0.29) is 11.6 Å². The van der Waals surface area contributed by atoms with Gasteiger partial charge in [-0.15, -0.1) is 0 Å². The fraction of sp³-hybridized carbons (Fsp3) is 0.786. The van der Waals surface area contributed by atoms with E-state index >= 15 is 0 Å². The van der Waals surface area contributed by atoms with Gasteiger partial charge in [-0.2, -0.15) is 5.10 Å². The predicted molar refractivity (Wildman–Crippen MR) is 77.8 cm³/mol. The van der Waals surface area contributed by atoms with Crippen molar-refractivity contribution in [2.45, 2.75) is 65.1 Å². The summed E-state index contributed by atoms with van der Waals surface area (Å²) in [5, 5.41) is 4.57. The van der Waals surface area contributed by atoms with Crippen LogP contribution in [0.4, 0.5) is 0 Å². The third-order valence-corrected chi connectivity index (χ3v) is 3.56. The van der Waals surface area contributed by atoms with Crippen molar-refractivity contribution in [1.82, 2.24) is 15.2 Å². The van der Waals surface area contributed by atoms with Crippen LogP contribution in [0.2, 0.25) is 0 Å². The van der Waals surface area contributed by atoms with Gasteiger partial charge in [0, 0.05) is 31.8 Å². The molecule has 1 aromatic heterocycles. The summed E-state index contributed by atoms with van der Waals surface area (Å²) in [6.07, 6.45) is 2.69. The fourth-order valence-electron chi connectivity index (χ4n) is 2.25. The second-order valence-electron chi connectivity index (χ2n) is 5.53. The number of aryl methyl sites for hydroxylation is 2. The van der Waals surface area contributed by atoms with Crippen LogP contribution in [-0.2, 0) is 24.1 Å². The number of aromatic nitrogens is 2. The number of methoxy groups -OCH3 is 1. The first-order valence-electron chi connectivity index (χ1n) is 7.02. The monoisotopic (exact) mass is 268 g/mol. The van der Waals surface area contributed by atoms with Gasteiger partial charge in [0.25, 0.3) is 0 Å². The summed E-state index contributed by atoms with van der Waals surface area (Å²) in [6, 6.07) is 2.36. The topological polar surface area (TPSA) is 65.1 Å². The Balaban J connectivity index is 2.77. The van der Waals surface area contributed by atoms with Crippen molar-refractivity contribution < 1.29 is 4.74 Å². The summed E-state index contributed by atoms with van der Waals surface area (Å²) in [4.78, 5) is 0. The molecule has 0 saturated heterocycles. The van der Waals surface area contributed by atoms with E-state index in [0.29, 0.717) is 0 Å². The summed E-state index contributed by atoms with van der Waals surface area (Å²) in [6.45, 7) is 9.27. The summed E-state index contributed by atoms with van der Waals surface area (Å²) in [7, 11) is 1.74. The fourth-order valence-corrected chi connectivity index (χ4v) is 2.25. The molecule has 0 saturated carbocycles. The minimum absolute atomic E-state index is 0.179. The van der Waals surface area contributed by atoms with E-state index < -0.39 is 0 Å². The molecule has 0 radical (unpaired) electrons. The third-order valence-electron chi connectivity index (χ3n) is 3.56. The molecule has 0 bridgehead atoms. The molecule has 0 fully saturated rings. The molecular weight excluding hydrogens is 240 g/mol. The molecule has 0 spiro atoms.